The van der Waals surface area contributed by atoms with Gasteiger partial charge in [0.25, 0.3) is 5.91 Å². The fourth-order valence-corrected chi connectivity index (χ4v) is 5.84. The summed E-state index contributed by atoms with van der Waals surface area (Å²) in [4.78, 5) is 22.8. The number of thiazole rings is 1. The first-order valence-electron chi connectivity index (χ1n) is 9.33. The van der Waals surface area contributed by atoms with Gasteiger partial charge in [-0.2, -0.15) is 0 Å². The molecule has 5 heterocycles. The molecule has 0 radical (unpaired) electrons. The van der Waals surface area contributed by atoms with Crippen LogP contribution in [0.3, 0.4) is 0 Å². The van der Waals surface area contributed by atoms with Crippen molar-refractivity contribution >= 4 is 17.2 Å². The molecule has 6 rings (SSSR count). The fourth-order valence-electron chi connectivity index (χ4n) is 5.26. The Morgan fingerprint density at radius 1 is 1.19 bits per heavy atom. The van der Waals surface area contributed by atoms with E-state index in [1.807, 2.05) is 12.1 Å². The Kier molecular flexibility index (Phi) is 3.98. The number of hydrogen-bond acceptors (Lipinski definition) is 5. The quantitative estimate of drug-likeness (QED) is 0.835. The Morgan fingerprint density at radius 3 is 2.62 bits per heavy atom. The summed E-state index contributed by atoms with van der Waals surface area (Å²) in [6, 6.07) is 9.19. The predicted molar refractivity (Wildman–Crippen MR) is 101 cm³/mol. The third kappa shape index (κ3) is 2.47. The van der Waals surface area contributed by atoms with Gasteiger partial charge in [-0.25, -0.2) is 0 Å². The van der Waals surface area contributed by atoms with Crippen molar-refractivity contribution in [3.05, 3.63) is 46.4 Å². The van der Waals surface area contributed by atoms with E-state index in [0.29, 0.717) is 23.9 Å². The molecule has 4 fully saturated rings. The number of piperidine rings is 3. The highest BCUT2D eigenvalue weighted by Crippen LogP contribution is 2.47. The minimum atomic E-state index is 0.160. The van der Waals surface area contributed by atoms with Crippen molar-refractivity contribution in [3.8, 4) is 5.75 Å². The molecule has 3 atom stereocenters. The van der Waals surface area contributed by atoms with E-state index < -0.39 is 0 Å². The predicted octanol–water partition coefficient (Wildman–Crippen LogP) is 2.85. The number of carbonyl (C=O) groups excluding carboxylic acids is 1. The van der Waals surface area contributed by atoms with Crippen LogP contribution in [0.25, 0.3) is 0 Å². The van der Waals surface area contributed by atoms with Crippen molar-refractivity contribution in [2.75, 3.05) is 26.7 Å². The standard InChI is InChI=1S/C20H23N3O2S/c1-25-15-4-2-13(3-5-15)16-11-23(20(24)17-10-21-12-26-17)18-14-6-8-22(9-7-14)19(16)18/h2-5,10,12,14,16,18-19H,6-9,11H2,1H3/t16-,18+,19+/m0/s1. The van der Waals surface area contributed by atoms with Crippen LogP contribution >= 0.6 is 11.3 Å². The van der Waals surface area contributed by atoms with Crippen LogP contribution in [0, 0.1) is 5.92 Å². The number of methoxy groups -OCH3 is 1. The number of fused-ring (bicyclic) bond motifs is 2. The van der Waals surface area contributed by atoms with E-state index in [0.717, 1.165) is 17.2 Å². The van der Waals surface area contributed by atoms with Crippen LogP contribution in [0.4, 0.5) is 0 Å². The van der Waals surface area contributed by atoms with Crippen molar-refractivity contribution in [3.63, 3.8) is 0 Å². The van der Waals surface area contributed by atoms with Gasteiger partial charge < -0.3 is 9.64 Å². The Hall–Kier alpha value is -1.92. The zero-order chi connectivity index (χ0) is 17.7. The van der Waals surface area contributed by atoms with Crippen molar-refractivity contribution in [2.24, 2.45) is 5.92 Å². The summed E-state index contributed by atoms with van der Waals surface area (Å²) in [6.45, 7) is 3.13. The van der Waals surface area contributed by atoms with E-state index >= 15 is 0 Å². The average Bonchev–Trinajstić information content (AvgIpc) is 3.38. The summed E-state index contributed by atoms with van der Waals surface area (Å²) in [5.74, 6) is 2.04. The van der Waals surface area contributed by atoms with E-state index in [1.165, 1.54) is 42.8 Å². The lowest BCUT2D eigenvalue weighted by atomic mass is 9.75. The van der Waals surface area contributed by atoms with Crippen LogP contribution in [0.2, 0.25) is 0 Å². The first-order valence-corrected chi connectivity index (χ1v) is 10.2. The maximum Gasteiger partial charge on any atom is 0.265 e. The first kappa shape index (κ1) is 16.3. The summed E-state index contributed by atoms with van der Waals surface area (Å²) in [5.41, 5.74) is 3.06. The Labute approximate surface area is 157 Å². The van der Waals surface area contributed by atoms with E-state index in [-0.39, 0.29) is 5.91 Å². The average molecular weight is 369 g/mol. The molecule has 2 bridgehead atoms. The number of likely N-dealkylation sites (tertiary alicyclic amines) is 1. The topological polar surface area (TPSA) is 45.7 Å². The van der Waals surface area contributed by atoms with Crippen LogP contribution in [0.1, 0.15) is 34.0 Å². The number of amides is 1. The van der Waals surface area contributed by atoms with Gasteiger partial charge in [-0.05, 0) is 49.5 Å². The summed E-state index contributed by atoms with van der Waals surface area (Å²) in [6.07, 6.45) is 4.13. The molecule has 1 aromatic heterocycles. The minimum Gasteiger partial charge on any atom is -0.497 e. The lowest BCUT2D eigenvalue weighted by Gasteiger charge is -2.51. The molecule has 5 nitrogen and oxygen atoms in total. The number of hydrogen-bond donors (Lipinski definition) is 0. The Balaban J connectivity index is 1.51. The highest BCUT2D eigenvalue weighted by Gasteiger charge is 2.54. The van der Waals surface area contributed by atoms with Gasteiger partial charge in [0.2, 0.25) is 0 Å². The van der Waals surface area contributed by atoms with Crippen molar-refractivity contribution < 1.29 is 9.53 Å². The van der Waals surface area contributed by atoms with Gasteiger partial charge in [-0.3, -0.25) is 14.7 Å². The number of nitrogens with zero attached hydrogens (tertiary/aromatic N) is 3. The Morgan fingerprint density at radius 2 is 1.96 bits per heavy atom. The molecule has 2 aromatic rings. The van der Waals surface area contributed by atoms with E-state index in [2.05, 4.69) is 26.9 Å². The lowest BCUT2D eigenvalue weighted by molar-refractivity contribution is -0.00326. The number of benzene rings is 1. The molecular weight excluding hydrogens is 346 g/mol. The molecule has 4 aliphatic rings. The van der Waals surface area contributed by atoms with Gasteiger partial charge in [0.15, 0.2) is 0 Å². The molecule has 0 spiro atoms. The zero-order valence-electron chi connectivity index (χ0n) is 14.9. The van der Waals surface area contributed by atoms with Gasteiger partial charge in [0.05, 0.1) is 24.9 Å². The van der Waals surface area contributed by atoms with Gasteiger partial charge in [0, 0.05) is 18.5 Å². The summed E-state index contributed by atoms with van der Waals surface area (Å²) < 4.78 is 5.32. The monoisotopic (exact) mass is 369 g/mol. The van der Waals surface area contributed by atoms with Gasteiger partial charge >= 0.3 is 0 Å². The number of carbonyl (C=O) groups is 1. The maximum atomic E-state index is 13.2. The highest BCUT2D eigenvalue weighted by molar-refractivity contribution is 7.11. The summed E-state index contributed by atoms with van der Waals surface area (Å²) >= 11 is 1.45. The maximum absolute atomic E-state index is 13.2. The van der Waals surface area contributed by atoms with Gasteiger partial charge in [0.1, 0.15) is 10.6 Å². The van der Waals surface area contributed by atoms with Crippen LogP contribution in [-0.2, 0) is 0 Å². The lowest BCUT2D eigenvalue weighted by Crippen LogP contribution is -2.60. The van der Waals surface area contributed by atoms with Gasteiger partial charge in [-0.1, -0.05) is 12.1 Å². The number of ether oxygens (including phenoxy) is 1. The van der Waals surface area contributed by atoms with Crippen molar-refractivity contribution in [1.82, 2.24) is 14.8 Å². The molecule has 0 unspecified atom stereocenters. The zero-order valence-corrected chi connectivity index (χ0v) is 15.7. The molecule has 0 aliphatic carbocycles. The molecule has 1 amide bonds. The third-order valence-corrected chi connectivity index (χ3v) is 7.20. The first-order chi connectivity index (χ1) is 12.8. The van der Waals surface area contributed by atoms with Gasteiger partial charge in [-0.15, -0.1) is 11.3 Å². The normalized spacial score (nSPS) is 32.5. The fraction of sp³-hybridized carbons (Fsp3) is 0.500. The molecule has 1 aromatic carbocycles. The Bertz CT molecular complexity index is 784. The van der Waals surface area contributed by atoms with Crippen LogP contribution in [-0.4, -0.2) is 59.5 Å². The van der Waals surface area contributed by atoms with Crippen LogP contribution < -0.4 is 4.74 Å². The van der Waals surface area contributed by atoms with Crippen molar-refractivity contribution in [2.45, 2.75) is 30.8 Å². The molecular formula is C20H23N3O2S. The van der Waals surface area contributed by atoms with E-state index in [4.69, 9.17) is 4.74 Å². The molecule has 26 heavy (non-hydrogen) atoms. The van der Waals surface area contributed by atoms with E-state index in [9.17, 15) is 4.79 Å². The van der Waals surface area contributed by atoms with Crippen LogP contribution in [0.15, 0.2) is 36.0 Å². The number of aromatic nitrogens is 1. The largest absolute Gasteiger partial charge is 0.497 e. The third-order valence-electron chi connectivity index (χ3n) is 6.44. The minimum absolute atomic E-state index is 0.160. The van der Waals surface area contributed by atoms with Crippen molar-refractivity contribution in [1.29, 1.82) is 0 Å². The molecule has 4 saturated heterocycles. The highest BCUT2D eigenvalue weighted by atomic mass is 32.1. The smallest absolute Gasteiger partial charge is 0.265 e. The molecule has 4 aliphatic heterocycles. The molecule has 136 valence electrons. The van der Waals surface area contributed by atoms with E-state index in [1.54, 1.807) is 18.8 Å². The summed E-state index contributed by atoms with van der Waals surface area (Å²) in [5, 5.41) is 0. The molecule has 0 saturated carbocycles. The second-order valence-corrected chi connectivity index (χ2v) is 8.44. The molecule has 6 heteroatoms. The summed E-state index contributed by atoms with van der Waals surface area (Å²) in [7, 11) is 1.70. The van der Waals surface area contributed by atoms with Crippen LogP contribution in [0.5, 0.6) is 5.75 Å². The second kappa shape index (κ2) is 6.35. The SMILES string of the molecule is COc1ccc([C@@H]2CN(C(=O)c3cncs3)[C@@H]3C4CCN(CC4)[C@@H]32)cc1. The number of rotatable bonds is 3. The molecule has 0 N–H and O–H groups in total. The second-order valence-electron chi connectivity index (χ2n) is 7.56.